The molecule has 1 aromatic carbocycles. The summed E-state index contributed by atoms with van der Waals surface area (Å²) in [7, 11) is 3.93. The molecule has 2 aromatic rings. The maximum atomic E-state index is 13.5. The molecule has 0 spiro atoms. The number of hydrogen-bond donors (Lipinski definition) is 1. The lowest BCUT2D eigenvalue weighted by Gasteiger charge is -2.30. The zero-order valence-electron chi connectivity index (χ0n) is 19.2. The van der Waals surface area contributed by atoms with E-state index in [-0.39, 0.29) is 23.6 Å². The first-order valence-electron chi connectivity index (χ1n) is 10.7. The van der Waals surface area contributed by atoms with Crippen LogP contribution in [0.25, 0.3) is 0 Å². The fraction of sp³-hybridized carbons (Fsp3) is 0.391. The molecule has 0 saturated heterocycles. The summed E-state index contributed by atoms with van der Waals surface area (Å²) in [6, 6.07) is 7.78. The van der Waals surface area contributed by atoms with Gasteiger partial charge < -0.3 is 24.3 Å². The van der Waals surface area contributed by atoms with Gasteiger partial charge in [-0.05, 0) is 52.5 Å². The van der Waals surface area contributed by atoms with Crippen molar-refractivity contribution in [3.05, 3.63) is 79.6 Å². The molecule has 10 nitrogen and oxygen atoms in total. The second kappa shape index (κ2) is 10.3. The van der Waals surface area contributed by atoms with Crippen LogP contribution < -0.4 is 10.9 Å². The molecule has 0 amide bonds. The van der Waals surface area contributed by atoms with Crippen molar-refractivity contribution in [3.8, 4) is 0 Å². The summed E-state index contributed by atoms with van der Waals surface area (Å²) >= 11 is 0. The number of carbonyl (C=O) groups excluding carboxylic acids is 1. The van der Waals surface area contributed by atoms with Gasteiger partial charge in [-0.3, -0.25) is 14.9 Å². The van der Waals surface area contributed by atoms with E-state index in [4.69, 9.17) is 9.47 Å². The molecule has 1 aliphatic heterocycles. The smallest absolute Gasteiger partial charge is 0.434 e. The Balaban J connectivity index is 2.14. The van der Waals surface area contributed by atoms with Gasteiger partial charge in [-0.2, -0.15) is 0 Å². The van der Waals surface area contributed by atoms with Crippen LogP contribution in [0.1, 0.15) is 37.3 Å². The number of carbonyl (C=O) groups is 1. The van der Waals surface area contributed by atoms with Gasteiger partial charge in [-0.15, -0.1) is 0 Å². The van der Waals surface area contributed by atoms with Crippen molar-refractivity contribution in [2.45, 2.75) is 32.7 Å². The number of nitrogens with zero attached hydrogens (tertiary/aromatic N) is 3. The van der Waals surface area contributed by atoms with Crippen LogP contribution in [-0.2, 0) is 16.0 Å². The summed E-state index contributed by atoms with van der Waals surface area (Å²) in [6.45, 7) is 4.80. The van der Waals surface area contributed by atoms with Crippen molar-refractivity contribution in [3.63, 3.8) is 0 Å². The molecule has 0 radical (unpaired) electrons. The van der Waals surface area contributed by atoms with Crippen LogP contribution in [-0.4, -0.2) is 47.8 Å². The van der Waals surface area contributed by atoms with Crippen LogP contribution in [0, 0.1) is 10.1 Å². The molecule has 1 aliphatic rings. The van der Waals surface area contributed by atoms with Gasteiger partial charge in [0.25, 0.3) is 11.2 Å². The molecule has 33 heavy (non-hydrogen) atoms. The summed E-state index contributed by atoms with van der Waals surface area (Å²) in [4.78, 5) is 38.6. The Kier molecular flexibility index (Phi) is 7.49. The van der Waals surface area contributed by atoms with E-state index >= 15 is 0 Å². The van der Waals surface area contributed by atoms with Crippen LogP contribution in [0.4, 0.5) is 16.2 Å². The molecule has 0 saturated carbocycles. The first kappa shape index (κ1) is 24.0. The number of rotatable bonds is 8. The molecule has 10 heteroatoms. The SMILES string of the molecule is CCOC(=O)OC1=C(C)Nc2ccn(CCCN(C)C)c(=O)c2C1c1cccc([N+](=O)[O-])c1. The van der Waals surface area contributed by atoms with Crippen LogP contribution in [0.15, 0.2) is 52.8 Å². The molecule has 2 heterocycles. The highest BCUT2D eigenvalue weighted by atomic mass is 16.7. The zero-order valence-corrected chi connectivity index (χ0v) is 19.2. The first-order chi connectivity index (χ1) is 15.7. The number of hydrogen-bond acceptors (Lipinski definition) is 8. The number of allylic oxidation sites excluding steroid dienone is 2. The Morgan fingerprint density at radius 1 is 1.30 bits per heavy atom. The Morgan fingerprint density at radius 2 is 2.06 bits per heavy atom. The monoisotopic (exact) mass is 456 g/mol. The van der Waals surface area contributed by atoms with Crippen molar-refractivity contribution >= 4 is 17.5 Å². The van der Waals surface area contributed by atoms with Gasteiger partial charge in [-0.25, -0.2) is 4.79 Å². The molecule has 176 valence electrons. The highest BCUT2D eigenvalue weighted by Crippen LogP contribution is 2.41. The largest absolute Gasteiger partial charge is 0.513 e. The number of anilines is 1. The number of nitro groups is 1. The van der Waals surface area contributed by atoms with E-state index in [0.29, 0.717) is 29.1 Å². The van der Waals surface area contributed by atoms with Gasteiger partial charge in [-0.1, -0.05) is 12.1 Å². The van der Waals surface area contributed by atoms with Crippen molar-refractivity contribution in [1.29, 1.82) is 0 Å². The third-order valence-corrected chi connectivity index (χ3v) is 5.32. The summed E-state index contributed by atoms with van der Waals surface area (Å²) in [5.41, 5.74) is 1.52. The van der Waals surface area contributed by atoms with Crippen LogP contribution in [0.5, 0.6) is 0 Å². The van der Waals surface area contributed by atoms with E-state index in [1.54, 1.807) is 42.8 Å². The zero-order chi connectivity index (χ0) is 24.1. The Hall–Kier alpha value is -3.66. The third-order valence-electron chi connectivity index (χ3n) is 5.32. The third kappa shape index (κ3) is 5.40. The number of aromatic nitrogens is 1. The minimum Gasteiger partial charge on any atom is -0.434 e. The van der Waals surface area contributed by atoms with Crippen molar-refractivity contribution in [2.24, 2.45) is 0 Å². The van der Waals surface area contributed by atoms with Gasteiger partial charge in [0.2, 0.25) is 0 Å². The predicted molar refractivity (Wildman–Crippen MR) is 123 cm³/mol. The highest BCUT2D eigenvalue weighted by molar-refractivity contribution is 5.68. The predicted octanol–water partition coefficient (Wildman–Crippen LogP) is 3.67. The molecular weight excluding hydrogens is 428 g/mol. The van der Waals surface area contributed by atoms with Gasteiger partial charge in [0.05, 0.1) is 28.7 Å². The number of ether oxygens (including phenoxy) is 2. The second-order valence-electron chi connectivity index (χ2n) is 7.98. The normalized spacial score (nSPS) is 15.1. The molecule has 1 N–H and O–H groups in total. The van der Waals surface area contributed by atoms with Gasteiger partial charge in [0.1, 0.15) is 5.76 Å². The lowest BCUT2D eigenvalue weighted by Crippen LogP contribution is -2.32. The van der Waals surface area contributed by atoms with Gasteiger partial charge >= 0.3 is 6.16 Å². The number of nitrogens with one attached hydrogen (secondary N) is 1. The van der Waals surface area contributed by atoms with Gasteiger partial charge in [0, 0.05) is 30.6 Å². The average molecular weight is 456 g/mol. The Morgan fingerprint density at radius 3 is 2.73 bits per heavy atom. The maximum absolute atomic E-state index is 13.5. The van der Waals surface area contributed by atoms with Crippen LogP contribution in [0.3, 0.4) is 0 Å². The number of aryl methyl sites for hydroxylation is 1. The molecule has 1 aromatic heterocycles. The van der Waals surface area contributed by atoms with E-state index in [0.717, 1.165) is 13.0 Å². The summed E-state index contributed by atoms with van der Waals surface area (Å²) in [6.07, 6.45) is 1.58. The Labute approximate surface area is 191 Å². The van der Waals surface area contributed by atoms with E-state index in [1.807, 2.05) is 19.0 Å². The fourth-order valence-corrected chi connectivity index (χ4v) is 3.83. The number of fused-ring (bicyclic) bond motifs is 1. The van der Waals surface area contributed by atoms with Crippen LogP contribution >= 0.6 is 0 Å². The van der Waals surface area contributed by atoms with Gasteiger partial charge in [0.15, 0.2) is 0 Å². The minimum absolute atomic E-state index is 0.120. The first-order valence-corrected chi connectivity index (χ1v) is 10.7. The second-order valence-corrected chi connectivity index (χ2v) is 7.98. The minimum atomic E-state index is -0.908. The Bertz CT molecular complexity index is 1140. The maximum Gasteiger partial charge on any atom is 0.513 e. The molecule has 0 fully saturated rings. The summed E-state index contributed by atoms with van der Waals surface area (Å²) < 4.78 is 12.1. The standard InChI is InChI=1S/C23H28N4O6/c1-5-32-23(29)33-21-15(2)24-18-10-13-26(12-7-11-25(3)4)22(28)20(18)19(21)16-8-6-9-17(14-16)27(30)31/h6,8-10,13-14,19,24H,5,7,11-12H2,1-4H3. The molecule has 3 rings (SSSR count). The topological polar surface area (TPSA) is 116 Å². The number of non-ortho nitro benzene ring substituents is 1. The van der Waals surface area contributed by atoms with Crippen molar-refractivity contribution in [1.82, 2.24) is 9.47 Å². The lowest BCUT2D eigenvalue weighted by atomic mass is 9.86. The molecule has 0 aliphatic carbocycles. The summed E-state index contributed by atoms with van der Waals surface area (Å²) in [5, 5.41) is 14.5. The van der Waals surface area contributed by atoms with E-state index < -0.39 is 17.0 Å². The molecule has 1 atom stereocenters. The van der Waals surface area contributed by atoms with E-state index in [9.17, 15) is 19.7 Å². The van der Waals surface area contributed by atoms with E-state index in [1.165, 1.54) is 12.1 Å². The van der Waals surface area contributed by atoms with Crippen molar-refractivity contribution in [2.75, 3.05) is 32.6 Å². The summed E-state index contributed by atoms with van der Waals surface area (Å²) in [5.74, 6) is -0.649. The lowest BCUT2D eigenvalue weighted by molar-refractivity contribution is -0.384. The number of nitro benzene ring substituents is 1. The van der Waals surface area contributed by atoms with E-state index in [2.05, 4.69) is 5.32 Å². The number of pyridine rings is 1. The van der Waals surface area contributed by atoms with Crippen LogP contribution in [0.2, 0.25) is 0 Å². The average Bonchev–Trinajstić information content (AvgIpc) is 2.76. The fourth-order valence-electron chi connectivity index (χ4n) is 3.83. The molecule has 0 bridgehead atoms. The number of benzene rings is 1. The quantitative estimate of drug-likeness (QED) is 0.363. The molecule has 1 unspecified atom stereocenters. The van der Waals surface area contributed by atoms with Crippen molar-refractivity contribution < 1.29 is 19.2 Å². The molecular formula is C23H28N4O6. The highest BCUT2D eigenvalue weighted by Gasteiger charge is 2.35.